The van der Waals surface area contributed by atoms with E-state index in [2.05, 4.69) is 12.2 Å². The van der Waals surface area contributed by atoms with Crippen LogP contribution in [0.25, 0.3) is 0 Å². The quantitative estimate of drug-likeness (QED) is 0.625. The fraction of sp³-hybridized carbons (Fsp3) is 0.381. The minimum Gasteiger partial charge on any atom is -0.494 e. The van der Waals surface area contributed by atoms with Crippen molar-refractivity contribution in [3.05, 3.63) is 53.6 Å². The van der Waals surface area contributed by atoms with Gasteiger partial charge in [0.1, 0.15) is 5.75 Å². The largest absolute Gasteiger partial charge is 0.494 e. The molecule has 0 saturated heterocycles. The Morgan fingerprint density at radius 1 is 1.07 bits per heavy atom. The first kappa shape index (κ1) is 20.6. The maximum absolute atomic E-state index is 12.3. The van der Waals surface area contributed by atoms with E-state index in [1.165, 1.54) is 7.11 Å². The van der Waals surface area contributed by atoms with E-state index >= 15 is 0 Å². The number of hydrogen-bond donors (Lipinski definition) is 2. The molecule has 6 nitrogen and oxygen atoms in total. The van der Waals surface area contributed by atoms with Gasteiger partial charge in [-0.3, -0.25) is 4.79 Å². The van der Waals surface area contributed by atoms with Crippen molar-refractivity contribution >= 4 is 5.91 Å². The number of carbonyl (C=O) groups is 1. The number of benzene rings is 2. The second-order valence-corrected chi connectivity index (χ2v) is 6.07. The number of aliphatic hydroxyl groups is 1. The number of carbonyl (C=O) groups excluding carboxylic acids is 1. The normalized spacial score (nSPS) is 11.6. The first-order chi connectivity index (χ1) is 13.1. The number of nitrogens with one attached hydrogen (secondary N) is 1. The van der Waals surface area contributed by atoms with Gasteiger partial charge in [0.2, 0.25) is 0 Å². The van der Waals surface area contributed by atoms with Crippen LogP contribution in [-0.4, -0.2) is 38.4 Å². The Balaban J connectivity index is 1.90. The summed E-state index contributed by atoms with van der Waals surface area (Å²) >= 11 is 0. The van der Waals surface area contributed by atoms with Gasteiger partial charge in [0.25, 0.3) is 5.91 Å². The van der Waals surface area contributed by atoms with Crippen LogP contribution in [0.1, 0.15) is 41.8 Å². The van der Waals surface area contributed by atoms with Crippen LogP contribution in [0.2, 0.25) is 0 Å². The lowest BCUT2D eigenvalue weighted by Gasteiger charge is -2.15. The summed E-state index contributed by atoms with van der Waals surface area (Å²) in [5, 5.41) is 13.1. The summed E-state index contributed by atoms with van der Waals surface area (Å²) < 4.78 is 16.0. The number of rotatable bonds is 10. The molecule has 1 unspecified atom stereocenters. The second-order valence-electron chi connectivity index (χ2n) is 6.07. The van der Waals surface area contributed by atoms with Gasteiger partial charge >= 0.3 is 0 Å². The van der Waals surface area contributed by atoms with Gasteiger partial charge in [-0.2, -0.15) is 0 Å². The Morgan fingerprint density at radius 2 is 1.78 bits per heavy atom. The molecule has 0 fully saturated rings. The van der Waals surface area contributed by atoms with Gasteiger partial charge in [0, 0.05) is 12.1 Å². The third-order valence-electron chi connectivity index (χ3n) is 4.13. The lowest BCUT2D eigenvalue weighted by molar-refractivity contribution is 0.0916. The smallest absolute Gasteiger partial charge is 0.251 e. The van der Waals surface area contributed by atoms with Crippen molar-refractivity contribution < 1.29 is 24.1 Å². The standard InChI is InChI=1S/C21H27NO5/c1-4-5-12-27-17-9-6-15(7-10-17)21(24)22-14-18(23)16-8-11-19(25-2)20(13-16)26-3/h6-11,13,18,23H,4-5,12,14H2,1-3H3,(H,22,24). The summed E-state index contributed by atoms with van der Waals surface area (Å²) in [5.41, 5.74) is 1.14. The molecular weight excluding hydrogens is 346 g/mol. The Kier molecular flexibility index (Phi) is 7.95. The summed E-state index contributed by atoms with van der Waals surface area (Å²) in [6, 6.07) is 12.1. The van der Waals surface area contributed by atoms with Crippen LogP contribution < -0.4 is 19.5 Å². The Labute approximate surface area is 160 Å². The van der Waals surface area contributed by atoms with Crippen LogP contribution in [0.5, 0.6) is 17.2 Å². The molecule has 6 heteroatoms. The van der Waals surface area contributed by atoms with Crippen molar-refractivity contribution in [2.75, 3.05) is 27.4 Å². The van der Waals surface area contributed by atoms with Crippen molar-refractivity contribution in [2.24, 2.45) is 0 Å². The van der Waals surface area contributed by atoms with Gasteiger partial charge in [0.05, 0.1) is 26.9 Å². The zero-order valence-corrected chi connectivity index (χ0v) is 16.0. The van der Waals surface area contributed by atoms with E-state index in [-0.39, 0.29) is 12.5 Å². The first-order valence-electron chi connectivity index (χ1n) is 9.00. The van der Waals surface area contributed by atoms with E-state index in [9.17, 15) is 9.90 Å². The molecule has 2 aromatic carbocycles. The predicted octanol–water partition coefficient (Wildman–Crippen LogP) is 3.35. The van der Waals surface area contributed by atoms with Gasteiger partial charge < -0.3 is 24.6 Å². The predicted molar refractivity (Wildman–Crippen MR) is 104 cm³/mol. The maximum Gasteiger partial charge on any atom is 0.251 e. The van der Waals surface area contributed by atoms with Crippen molar-refractivity contribution in [2.45, 2.75) is 25.9 Å². The minimum atomic E-state index is -0.856. The molecule has 27 heavy (non-hydrogen) atoms. The molecule has 1 atom stereocenters. The molecule has 0 aliphatic carbocycles. The average molecular weight is 373 g/mol. The molecule has 0 aliphatic heterocycles. The van der Waals surface area contributed by atoms with E-state index < -0.39 is 6.10 Å². The molecule has 2 N–H and O–H groups in total. The molecule has 0 bridgehead atoms. The maximum atomic E-state index is 12.3. The number of methoxy groups -OCH3 is 2. The molecule has 0 heterocycles. The van der Waals surface area contributed by atoms with E-state index in [0.29, 0.717) is 29.2 Å². The molecule has 1 amide bonds. The van der Waals surface area contributed by atoms with Gasteiger partial charge in [0.15, 0.2) is 11.5 Å². The van der Waals surface area contributed by atoms with Gasteiger partial charge in [-0.05, 0) is 48.4 Å². The highest BCUT2D eigenvalue weighted by atomic mass is 16.5. The highest BCUT2D eigenvalue weighted by Gasteiger charge is 2.14. The monoisotopic (exact) mass is 373 g/mol. The van der Waals surface area contributed by atoms with E-state index in [0.717, 1.165) is 18.6 Å². The lowest BCUT2D eigenvalue weighted by atomic mass is 10.1. The summed E-state index contributed by atoms with van der Waals surface area (Å²) in [7, 11) is 3.08. The number of amides is 1. The van der Waals surface area contributed by atoms with Gasteiger partial charge in [-0.25, -0.2) is 0 Å². The van der Waals surface area contributed by atoms with E-state index in [1.807, 2.05) is 0 Å². The minimum absolute atomic E-state index is 0.0864. The van der Waals surface area contributed by atoms with Crippen molar-refractivity contribution in [1.82, 2.24) is 5.32 Å². The molecule has 2 aromatic rings. The Morgan fingerprint density at radius 3 is 2.41 bits per heavy atom. The summed E-state index contributed by atoms with van der Waals surface area (Å²) in [4.78, 5) is 12.3. The SMILES string of the molecule is CCCCOc1ccc(C(=O)NCC(O)c2ccc(OC)c(OC)c2)cc1. The third kappa shape index (κ3) is 5.89. The van der Waals surface area contributed by atoms with Crippen LogP contribution in [0.3, 0.4) is 0 Å². The van der Waals surface area contributed by atoms with Crippen LogP contribution in [0, 0.1) is 0 Å². The van der Waals surface area contributed by atoms with Crippen LogP contribution >= 0.6 is 0 Å². The van der Waals surface area contributed by atoms with E-state index in [1.54, 1.807) is 49.6 Å². The second kappa shape index (κ2) is 10.4. The molecule has 0 radical (unpaired) electrons. The molecule has 146 valence electrons. The molecule has 0 spiro atoms. The van der Waals surface area contributed by atoms with Crippen LogP contribution in [0.4, 0.5) is 0 Å². The van der Waals surface area contributed by atoms with Gasteiger partial charge in [-0.1, -0.05) is 19.4 Å². The summed E-state index contributed by atoms with van der Waals surface area (Å²) in [6.07, 6.45) is 1.21. The number of ether oxygens (including phenoxy) is 3. The lowest BCUT2D eigenvalue weighted by Crippen LogP contribution is -2.28. The molecule has 0 aromatic heterocycles. The zero-order valence-electron chi connectivity index (χ0n) is 16.0. The van der Waals surface area contributed by atoms with E-state index in [4.69, 9.17) is 14.2 Å². The third-order valence-corrected chi connectivity index (χ3v) is 4.13. The highest BCUT2D eigenvalue weighted by molar-refractivity contribution is 5.94. The number of unbranched alkanes of at least 4 members (excludes halogenated alkanes) is 1. The molecular formula is C21H27NO5. The summed E-state index contributed by atoms with van der Waals surface area (Å²) in [5.74, 6) is 1.60. The van der Waals surface area contributed by atoms with Crippen molar-refractivity contribution in [3.63, 3.8) is 0 Å². The zero-order chi connectivity index (χ0) is 19.6. The fourth-order valence-corrected chi connectivity index (χ4v) is 2.51. The van der Waals surface area contributed by atoms with Crippen molar-refractivity contribution in [3.8, 4) is 17.2 Å². The Hall–Kier alpha value is -2.73. The Bertz CT molecular complexity index is 730. The number of aliphatic hydroxyl groups excluding tert-OH is 1. The molecule has 0 saturated carbocycles. The van der Waals surface area contributed by atoms with Gasteiger partial charge in [-0.15, -0.1) is 0 Å². The average Bonchev–Trinajstić information content (AvgIpc) is 2.71. The topological polar surface area (TPSA) is 77.0 Å². The van der Waals surface area contributed by atoms with Crippen LogP contribution in [0.15, 0.2) is 42.5 Å². The van der Waals surface area contributed by atoms with Crippen molar-refractivity contribution in [1.29, 1.82) is 0 Å². The molecule has 0 aliphatic rings. The molecule has 2 rings (SSSR count). The highest BCUT2D eigenvalue weighted by Crippen LogP contribution is 2.29. The fourth-order valence-electron chi connectivity index (χ4n) is 2.51. The number of hydrogen-bond acceptors (Lipinski definition) is 5. The summed E-state index contributed by atoms with van der Waals surface area (Å²) in [6.45, 7) is 2.86. The first-order valence-corrected chi connectivity index (χ1v) is 9.00. The van der Waals surface area contributed by atoms with Crippen LogP contribution in [-0.2, 0) is 0 Å².